The molecule has 7 rings (SSSR count). The lowest BCUT2D eigenvalue weighted by Gasteiger charge is -2.39. The van der Waals surface area contributed by atoms with Gasteiger partial charge in [0, 0.05) is 50.9 Å². The van der Waals surface area contributed by atoms with Gasteiger partial charge in [0.1, 0.15) is 16.6 Å². The van der Waals surface area contributed by atoms with Gasteiger partial charge in [0.15, 0.2) is 10.9 Å². The average Bonchev–Trinajstić information content (AvgIpc) is 3.76. The molecule has 1 amide bonds. The third kappa shape index (κ3) is 4.46. The van der Waals surface area contributed by atoms with Gasteiger partial charge in [-0.3, -0.25) is 9.69 Å². The Labute approximate surface area is 245 Å². The van der Waals surface area contributed by atoms with Crippen LogP contribution in [0.1, 0.15) is 29.5 Å². The third-order valence-corrected chi connectivity index (χ3v) is 10.4. The number of hydrogen-bond donors (Lipinski definition) is 1. The number of hydrogen-bond acceptors (Lipinski definition) is 11. The number of amides is 1. The van der Waals surface area contributed by atoms with Crippen LogP contribution in [0.15, 0.2) is 24.3 Å². The summed E-state index contributed by atoms with van der Waals surface area (Å²) < 4.78 is 1.92. The smallest absolute Gasteiger partial charge is 0.236 e. The highest BCUT2D eigenvalue weighted by Crippen LogP contribution is 2.40. The molecule has 0 spiro atoms. The maximum atomic E-state index is 12.6. The second-order valence-corrected chi connectivity index (χ2v) is 13.0. The Morgan fingerprint density at radius 1 is 1.15 bits per heavy atom. The summed E-state index contributed by atoms with van der Waals surface area (Å²) in [5.41, 5.74) is 3.72. The highest BCUT2D eigenvalue weighted by molar-refractivity contribution is 7.20. The number of fused-ring (bicyclic) bond motifs is 3. The van der Waals surface area contributed by atoms with Crippen LogP contribution >= 0.6 is 22.7 Å². The zero-order valence-corrected chi connectivity index (χ0v) is 24.8. The van der Waals surface area contributed by atoms with E-state index in [0.29, 0.717) is 42.3 Å². The van der Waals surface area contributed by atoms with Crippen LogP contribution in [0.3, 0.4) is 0 Å². The SMILES string of the molecule is CCc1nc2sc(N3CC4CC3CN4CC(=O)N3CC(O)C3)nn2c1N(C)c1nc(-c2ccc(C)cc2)c(C#N)s1. The topological polar surface area (TPSA) is 117 Å². The molecular formula is C28H31N9O2S2. The summed E-state index contributed by atoms with van der Waals surface area (Å²) in [6.07, 6.45) is 1.39. The van der Waals surface area contributed by atoms with E-state index < -0.39 is 0 Å². The molecule has 0 aliphatic carbocycles. The number of aromatic nitrogens is 4. The average molecular weight is 590 g/mol. The van der Waals surface area contributed by atoms with Crippen molar-refractivity contribution in [3.05, 3.63) is 40.4 Å². The molecule has 2 unspecified atom stereocenters. The van der Waals surface area contributed by atoms with Crippen LogP contribution in [0, 0.1) is 18.3 Å². The summed E-state index contributed by atoms with van der Waals surface area (Å²) in [7, 11) is 1.96. The van der Waals surface area contributed by atoms with Gasteiger partial charge in [0.2, 0.25) is 16.0 Å². The van der Waals surface area contributed by atoms with E-state index in [2.05, 4.69) is 22.8 Å². The van der Waals surface area contributed by atoms with Crippen LogP contribution in [0.5, 0.6) is 0 Å². The van der Waals surface area contributed by atoms with Crippen LogP contribution in [0.4, 0.5) is 16.1 Å². The van der Waals surface area contributed by atoms with E-state index in [0.717, 1.165) is 63.8 Å². The van der Waals surface area contributed by atoms with Crippen molar-refractivity contribution in [2.45, 2.75) is 44.9 Å². The fourth-order valence-electron chi connectivity index (χ4n) is 6.09. The molecule has 212 valence electrons. The van der Waals surface area contributed by atoms with Gasteiger partial charge in [-0.2, -0.15) is 9.78 Å². The lowest BCUT2D eigenvalue weighted by Crippen LogP contribution is -2.57. The number of likely N-dealkylation sites (tertiary alicyclic amines) is 2. The van der Waals surface area contributed by atoms with Crippen molar-refractivity contribution in [2.24, 2.45) is 0 Å². The normalized spacial score (nSPS) is 20.7. The molecule has 3 saturated heterocycles. The molecule has 3 aliphatic rings. The number of nitrogens with zero attached hydrogens (tertiary/aromatic N) is 9. The molecule has 13 heteroatoms. The van der Waals surface area contributed by atoms with Crippen LogP contribution < -0.4 is 9.80 Å². The minimum Gasteiger partial charge on any atom is -0.389 e. The zero-order valence-electron chi connectivity index (χ0n) is 23.2. The number of carbonyl (C=O) groups excluding carboxylic acids is 1. The molecule has 0 radical (unpaired) electrons. The lowest BCUT2D eigenvalue weighted by atomic mass is 10.1. The monoisotopic (exact) mass is 589 g/mol. The lowest BCUT2D eigenvalue weighted by molar-refractivity contribution is -0.142. The summed E-state index contributed by atoms with van der Waals surface area (Å²) in [6, 6.07) is 11.0. The van der Waals surface area contributed by atoms with Gasteiger partial charge in [-0.25, -0.2) is 9.97 Å². The van der Waals surface area contributed by atoms with Crippen LogP contribution in [0.2, 0.25) is 0 Å². The number of piperazine rings is 1. The largest absolute Gasteiger partial charge is 0.389 e. The minimum atomic E-state index is -0.371. The number of carbonyl (C=O) groups is 1. The van der Waals surface area contributed by atoms with Crippen LogP contribution in [0.25, 0.3) is 16.2 Å². The summed E-state index contributed by atoms with van der Waals surface area (Å²) >= 11 is 2.97. The van der Waals surface area contributed by atoms with E-state index in [9.17, 15) is 15.2 Å². The number of thiazole rings is 1. The number of aryl methyl sites for hydroxylation is 2. The highest BCUT2D eigenvalue weighted by atomic mass is 32.1. The summed E-state index contributed by atoms with van der Waals surface area (Å²) in [4.78, 5) is 32.2. The molecular weight excluding hydrogens is 559 g/mol. The number of aliphatic hydroxyl groups excluding tert-OH is 1. The maximum absolute atomic E-state index is 12.6. The molecule has 3 aromatic heterocycles. The molecule has 2 atom stereocenters. The quantitative estimate of drug-likeness (QED) is 0.347. The molecule has 41 heavy (non-hydrogen) atoms. The van der Waals surface area contributed by atoms with Gasteiger partial charge in [-0.05, 0) is 19.8 Å². The van der Waals surface area contributed by atoms with Crippen molar-refractivity contribution in [2.75, 3.05) is 49.6 Å². The number of aliphatic hydroxyl groups is 1. The number of benzene rings is 1. The first kappa shape index (κ1) is 26.3. The zero-order chi connectivity index (χ0) is 28.4. The van der Waals surface area contributed by atoms with Crippen molar-refractivity contribution < 1.29 is 9.90 Å². The van der Waals surface area contributed by atoms with Crippen molar-refractivity contribution in [3.63, 3.8) is 0 Å². The molecule has 1 N–H and O–H groups in total. The summed E-state index contributed by atoms with van der Waals surface area (Å²) in [5, 5.41) is 26.1. The van der Waals surface area contributed by atoms with E-state index in [1.165, 1.54) is 11.3 Å². The number of β-amino-alcohol motifs (C(OH)–C–C–N with tert-alkyl or cyclic N) is 1. The first-order valence-corrected chi connectivity index (χ1v) is 15.5. The Bertz CT molecular complexity index is 1660. The van der Waals surface area contributed by atoms with Crippen molar-refractivity contribution in [1.29, 1.82) is 5.26 Å². The Balaban J connectivity index is 1.13. The first-order valence-electron chi connectivity index (χ1n) is 13.9. The van der Waals surface area contributed by atoms with Crippen LogP contribution in [-0.2, 0) is 11.2 Å². The van der Waals surface area contributed by atoms with E-state index >= 15 is 0 Å². The fourth-order valence-corrected chi connectivity index (χ4v) is 7.94. The van der Waals surface area contributed by atoms with Gasteiger partial charge in [-0.15, -0.1) is 5.10 Å². The number of nitriles is 1. The Hall–Kier alpha value is -3.57. The minimum absolute atomic E-state index is 0.106. The number of anilines is 3. The Kier molecular flexibility index (Phi) is 6.46. The Morgan fingerprint density at radius 3 is 2.59 bits per heavy atom. The molecule has 2 bridgehead atoms. The van der Waals surface area contributed by atoms with Gasteiger partial charge >= 0.3 is 0 Å². The molecule has 3 aliphatic heterocycles. The van der Waals surface area contributed by atoms with Crippen molar-refractivity contribution in [3.8, 4) is 17.3 Å². The Morgan fingerprint density at radius 2 is 1.93 bits per heavy atom. The van der Waals surface area contributed by atoms with Gasteiger partial charge < -0.3 is 19.8 Å². The molecule has 3 fully saturated rings. The molecule has 0 saturated carbocycles. The van der Waals surface area contributed by atoms with Crippen LogP contribution in [-0.4, -0.2) is 98.4 Å². The van der Waals surface area contributed by atoms with E-state index in [1.54, 1.807) is 16.2 Å². The highest BCUT2D eigenvalue weighted by Gasteiger charge is 2.46. The second-order valence-electron chi connectivity index (χ2n) is 11.1. The molecule has 1 aromatic carbocycles. The van der Waals surface area contributed by atoms with E-state index in [1.807, 2.05) is 47.7 Å². The van der Waals surface area contributed by atoms with Crippen molar-refractivity contribution in [1.82, 2.24) is 29.4 Å². The maximum Gasteiger partial charge on any atom is 0.236 e. The summed E-state index contributed by atoms with van der Waals surface area (Å²) in [6.45, 7) is 7.12. The van der Waals surface area contributed by atoms with Gasteiger partial charge in [-0.1, -0.05) is 59.4 Å². The third-order valence-electron chi connectivity index (χ3n) is 8.37. The summed E-state index contributed by atoms with van der Waals surface area (Å²) in [5.74, 6) is 0.973. The van der Waals surface area contributed by atoms with Gasteiger partial charge in [0.05, 0.1) is 18.3 Å². The van der Waals surface area contributed by atoms with Crippen molar-refractivity contribution >= 4 is 49.6 Å². The standard InChI is InChI=1S/C28H31N9O2S2/c1-4-21-25(33(3)26-31-24(22(10-29)40-26)17-7-5-16(2)6-8-17)37-27(30-21)41-28(32-37)36-12-18-9-19(36)11-34(18)15-23(39)35-13-20(38)14-35/h5-8,18-20,38H,4,9,11-15H2,1-3H3. The predicted octanol–water partition coefficient (Wildman–Crippen LogP) is 2.89. The molecule has 4 aromatic rings. The predicted molar refractivity (Wildman–Crippen MR) is 159 cm³/mol. The van der Waals surface area contributed by atoms with E-state index in [-0.39, 0.29) is 12.0 Å². The van der Waals surface area contributed by atoms with Gasteiger partial charge in [0.25, 0.3) is 0 Å². The molecule has 6 heterocycles. The fraction of sp³-hybridized carbons (Fsp3) is 0.464. The first-order chi connectivity index (χ1) is 19.8. The number of rotatable bonds is 7. The van der Waals surface area contributed by atoms with E-state index in [4.69, 9.17) is 15.1 Å². The number of imidazole rings is 1. The molecule has 11 nitrogen and oxygen atoms in total. The second kappa shape index (κ2) is 10.1.